The Morgan fingerprint density at radius 2 is 0.852 bits per heavy atom. The van der Waals surface area contributed by atoms with Crippen LogP contribution in [0.2, 0.25) is 0 Å². The van der Waals surface area contributed by atoms with Crippen molar-refractivity contribution in [2.45, 2.75) is 5.92 Å². The van der Waals surface area contributed by atoms with Crippen LogP contribution >= 0.6 is 0 Å². The van der Waals surface area contributed by atoms with Crippen molar-refractivity contribution >= 4 is 49.8 Å². The smallest absolute Gasteiger partial charge is 0.136 e. The molecule has 0 saturated heterocycles. The SMILES string of the molecule is c1ccc(-c2ccc(-c3ccc(N(c4ccccc4)c4ccc5oc6ccc7ccc(-c8ccc9c(c8)-c8ccccc8C9c8ccccc8)cc7c6c5c4)cc3)cc2)cc1. The summed E-state index contributed by atoms with van der Waals surface area (Å²) in [5.41, 5.74) is 18.9. The molecule has 1 heterocycles. The molecule has 0 fully saturated rings. The highest BCUT2D eigenvalue weighted by Crippen LogP contribution is 2.49. The zero-order chi connectivity index (χ0) is 40.3. The van der Waals surface area contributed by atoms with E-state index < -0.39 is 0 Å². The molecule has 61 heavy (non-hydrogen) atoms. The van der Waals surface area contributed by atoms with Gasteiger partial charge in [0.15, 0.2) is 0 Å². The molecular weight excluding hydrogens is 739 g/mol. The molecule has 0 N–H and O–H groups in total. The van der Waals surface area contributed by atoms with Crippen LogP contribution in [0.3, 0.4) is 0 Å². The Balaban J connectivity index is 0.940. The average Bonchev–Trinajstić information content (AvgIpc) is 3.88. The first-order valence-corrected chi connectivity index (χ1v) is 21.0. The maximum atomic E-state index is 6.59. The van der Waals surface area contributed by atoms with Crippen LogP contribution in [-0.2, 0) is 0 Å². The molecule has 1 aliphatic carbocycles. The maximum Gasteiger partial charge on any atom is 0.136 e. The van der Waals surface area contributed by atoms with Crippen LogP contribution in [0.4, 0.5) is 17.1 Å². The van der Waals surface area contributed by atoms with Crippen molar-refractivity contribution in [2.24, 2.45) is 0 Å². The quantitative estimate of drug-likeness (QED) is 0.160. The van der Waals surface area contributed by atoms with Gasteiger partial charge in [0.2, 0.25) is 0 Å². The molecule has 2 nitrogen and oxygen atoms in total. The van der Waals surface area contributed by atoms with Gasteiger partial charge in [0.1, 0.15) is 11.2 Å². The molecule has 0 radical (unpaired) electrons. The highest BCUT2D eigenvalue weighted by Gasteiger charge is 2.30. The van der Waals surface area contributed by atoms with Crippen LogP contribution in [0.25, 0.3) is 77.2 Å². The minimum atomic E-state index is 0.232. The molecule has 1 aromatic heterocycles. The van der Waals surface area contributed by atoms with Gasteiger partial charge in [0.25, 0.3) is 0 Å². The van der Waals surface area contributed by atoms with Crippen molar-refractivity contribution in [3.8, 4) is 44.5 Å². The zero-order valence-corrected chi connectivity index (χ0v) is 33.4. The summed E-state index contributed by atoms with van der Waals surface area (Å²) in [5.74, 6) is 0.232. The lowest BCUT2D eigenvalue weighted by Crippen LogP contribution is -2.09. The zero-order valence-electron chi connectivity index (χ0n) is 33.4. The first kappa shape index (κ1) is 35.0. The van der Waals surface area contributed by atoms with Gasteiger partial charge in [-0.25, -0.2) is 0 Å². The third-order valence-electron chi connectivity index (χ3n) is 12.6. The molecule has 1 atom stereocenters. The van der Waals surface area contributed by atoms with Crippen molar-refractivity contribution in [3.63, 3.8) is 0 Å². The van der Waals surface area contributed by atoms with E-state index in [1.54, 1.807) is 0 Å². The topological polar surface area (TPSA) is 16.4 Å². The van der Waals surface area contributed by atoms with Crippen LogP contribution in [0.15, 0.2) is 235 Å². The van der Waals surface area contributed by atoms with E-state index in [4.69, 9.17) is 4.42 Å². The van der Waals surface area contributed by atoms with Gasteiger partial charge in [-0.05, 0) is 133 Å². The summed E-state index contributed by atoms with van der Waals surface area (Å²) in [6, 6.07) is 83.5. The Kier molecular flexibility index (Phi) is 8.28. The first-order valence-electron chi connectivity index (χ1n) is 21.0. The lowest BCUT2D eigenvalue weighted by Gasteiger charge is -2.25. The molecule has 0 bridgehead atoms. The number of rotatable bonds is 7. The van der Waals surface area contributed by atoms with E-state index in [-0.39, 0.29) is 5.92 Å². The van der Waals surface area contributed by atoms with E-state index in [9.17, 15) is 0 Å². The predicted molar refractivity (Wildman–Crippen MR) is 255 cm³/mol. The van der Waals surface area contributed by atoms with E-state index in [0.717, 1.165) is 39.0 Å². The molecule has 0 aliphatic heterocycles. The van der Waals surface area contributed by atoms with Crippen LogP contribution < -0.4 is 4.90 Å². The summed E-state index contributed by atoms with van der Waals surface area (Å²) in [4.78, 5) is 2.34. The van der Waals surface area contributed by atoms with Crippen molar-refractivity contribution in [1.29, 1.82) is 0 Å². The highest BCUT2D eigenvalue weighted by molar-refractivity contribution is 6.20. The number of hydrogen-bond acceptors (Lipinski definition) is 2. The molecule has 1 aliphatic rings. The number of hydrogen-bond donors (Lipinski definition) is 0. The third kappa shape index (κ3) is 6.03. The fraction of sp³-hybridized carbons (Fsp3) is 0.0169. The Morgan fingerprint density at radius 3 is 1.61 bits per heavy atom. The Hall–Kier alpha value is -7.94. The van der Waals surface area contributed by atoms with E-state index in [0.29, 0.717) is 0 Å². The minimum Gasteiger partial charge on any atom is -0.456 e. The fourth-order valence-electron chi connectivity index (χ4n) is 9.60. The Morgan fingerprint density at radius 1 is 0.328 bits per heavy atom. The van der Waals surface area contributed by atoms with Gasteiger partial charge in [-0.3, -0.25) is 0 Å². The lowest BCUT2D eigenvalue weighted by molar-refractivity contribution is 0.669. The van der Waals surface area contributed by atoms with Crippen molar-refractivity contribution in [2.75, 3.05) is 4.90 Å². The molecule has 11 aromatic rings. The highest BCUT2D eigenvalue weighted by atomic mass is 16.3. The summed E-state index contributed by atoms with van der Waals surface area (Å²) in [6.07, 6.45) is 0. The largest absolute Gasteiger partial charge is 0.456 e. The number of furan rings is 1. The fourth-order valence-corrected chi connectivity index (χ4v) is 9.60. The molecule has 12 rings (SSSR count). The van der Waals surface area contributed by atoms with E-state index in [1.165, 1.54) is 72.0 Å². The second-order valence-corrected chi connectivity index (χ2v) is 16.1. The van der Waals surface area contributed by atoms with Gasteiger partial charge in [-0.1, -0.05) is 170 Å². The summed E-state index contributed by atoms with van der Waals surface area (Å²) >= 11 is 0. The Bertz CT molecular complexity index is 3390. The van der Waals surface area contributed by atoms with Crippen LogP contribution in [0.5, 0.6) is 0 Å². The van der Waals surface area contributed by atoms with E-state index in [1.807, 2.05) is 0 Å². The molecule has 286 valence electrons. The first-order chi connectivity index (χ1) is 30.2. The molecule has 1 unspecified atom stereocenters. The van der Waals surface area contributed by atoms with Gasteiger partial charge < -0.3 is 9.32 Å². The van der Waals surface area contributed by atoms with Gasteiger partial charge in [-0.15, -0.1) is 0 Å². The van der Waals surface area contributed by atoms with E-state index in [2.05, 4.69) is 235 Å². The summed E-state index contributed by atoms with van der Waals surface area (Å²) in [7, 11) is 0. The number of para-hydroxylation sites is 1. The lowest BCUT2D eigenvalue weighted by atomic mass is 9.89. The molecule has 0 saturated carbocycles. The van der Waals surface area contributed by atoms with Crippen molar-refractivity contribution < 1.29 is 4.42 Å². The molecule has 0 amide bonds. The summed E-state index contributed by atoms with van der Waals surface area (Å²) in [6.45, 7) is 0. The van der Waals surface area contributed by atoms with Gasteiger partial charge >= 0.3 is 0 Å². The number of benzene rings is 10. The predicted octanol–water partition coefficient (Wildman–Crippen LogP) is 16.4. The third-order valence-corrected chi connectivity index (χ3v) is 12.6. The molecule has 2 heteroatoms. The number of anilines is 3. The summed E-state index contributed by atoms with van der Waals surface area (Å²) in [5, 5.41) is 4.60. The summed E-state index contributed by atoms with van der Waals surface area (Å²) < 4.78 is 6.59. The van der Waals surface area contributed by atoms with E-state index >= 15 is 0 Å². The number of fused-ring (bicyclic) bond motifs is 8. The van der Waals surface area contributed by atoms with Crippen LogP contribution in [0, 0.1) is 0 Å². The van der Waals surface area contributed by atoms with Crippen LogP contribution in [0.1, 0.15) is 22.6 Å². The molecular formula is C59H39NO. The standard InChI is InChI=1S/C59H39NO/c1-4-12-39(13-5-1)40-20-22-41(23-21-40)42-26-30-48(31-27-42)60(47-16-8-3-9-17-47)49-32-35-56-55(38-49)59-53-36-45(25-24-43(53)29-34-57(59)61-56)46-28-33-52-54(37-46)50-18-10-11-19-51(50)58(52)44-14-6-2-7-15-44/h1-38,58H. The van der Waals surface area contributed by atoms with Gasteiger partial charge in [-0.2, -0.15) is 0 Å². The Labute approximate surface area is 355 Å². The monoisotopic (exact) mass is 777 g/mol. The van der Waals surface area contributed by atoms with Crippen LogP contribution in [-0.4, -0.2) is 0 Å². The number of nitrogens with zero attached hydrogens (tertiary/aromatic N) is 1. The average molecular weight is 778 g/mol. The normalized spacial score (nSPS) is 13.1. The van der Waals surface area contributed by atoms with Gasteiger partial charge in [0.05, 0.1) is 0 Å². The maximum absolute atomic E-state index is 6.59. The van der Waals surface area contributed by atoms with Gasteiger partial charge in [0, 0.05) is 33.8 Å². The molecule has 0 spiro atoms. The van der Waals surface area contributed by atoms with Crippen molar-refractivity contribution in [1.82, 2.24) is 0 Å². The second kappa shape index (κ2) is 14.4. The molecule has 10 aromatic carbocycles. The minimum absolute atomic E-state index is 0.232. The van der Waals surface area contributed by atoms with Crippen molar-refractivity contribution in [3.05, 3.63) is 247 Å². The second-order valence-electron chi connectivity index (χ2n) is 16.1.